The molecule has 2 N–H and O–H groups in total. The van der Waals surface area contributed by atoms with Crippen LogP contribution in [-0.4, -0.2) is 31.5 Å². The van der Waals surface area contributed by atoms with E-state index in [4.69, 9.17) is 10.5 Å². The van der Waals surface area contributed by atoms with Crippen molar-refractivity contribution in [2.45, 2.75) is 13.0 Å². The molecule has 2 rings (SSSR count). The zero-order chi connectivity index (χ0) is 15.8. The van der Waals surface area contributed by atoms with Crippen molar-refractivity contribution in [1.29, 1.82) is 0 Å². The lowest BCUT2D eigenvalue weighted by molar-refractivity contribution is 0.306. The summed E-state index contributed by atoms with van der Waals surface area (Å²) < 4.78 is 5.83. The van der Waals surface area contributed by atoms with E-state index in [0.29, 0.717) is 19.1 Å². The molecular formula is C18H23N3O. The fourth-order valence-corrected chi connectivity index (χ4v) is 1.97. The van der Waals surface area contributed by atoms with Gasteiger partial charge in [-0.1, -0.05) is 42.5 Å². The highest BCUT2D eigenvalue weighted by molar-refractivity contribution is 5.77. The zero-order valence-electron chi connectivity index (χ0n) is 13.2. The molecule has 0 atom stereocenters. The smallest absolute Gasteiger partial charge is 0.190 e. The van der Waals surface area contributed by atoms with Gasteiger partial charge in [0, 0.05) is 20.6 Å². The molecule has 0 heterocycles. The van der Waals surface area contributed by atoms with Crippen molar-refractivity contribution < 1.29 is 4.74 Å². The van der Waals surface area contributed by atoms with Gasteiger partial charge in [0.15, 0.2) is 5.96 Å². The average molecular weight is 297 g/mol. The second kappa shape index (κ2) is 8.08. The van der Waals surface area contributed by atoms with Crippen molar-refractivity contribution >= 4 is 5.96 Å². The SMILES string of the molecule is CN(C)C(N)=NCCc1cccc(OCc2ccccc2)c1. The maximum absolute atomic E-state index is 5.83. The van der Waals surface area contributed by atoms with Crippen LogP contribution in [0.2, 0.25) is 0 Å². The van der Waals surface area contributed by atoms with E-state index in [1.54, 1.807) is 4.90 Å². The highest BCUT2D eigenvalue weighted by Crippen LogP contribution is 2.15. The Kier molecular flexibility index (Phi) is 5.83. The summed E-state index contributed by atoms with van der Waals surface area (Å²) in [5, 5.41) is 0. The topological polar surface area (TPSA) is 50.8 Å². The minimum Gasteiger partial charge on any atom is -0.489 e. The van der Waals surface area contributed by atoms with E-state index < -0.39 is 0 Å². The number of nitrogens with two attached hydrogens (primary N) is 1. The van der Waals surface area contributed by atoms with Gasteiger partial charge in [0.05, 0.1) is 0 Å². The van der Waals surface area contributed by atoms with Gasteiger partial charge >= 0.3 is 0 Å². The molecule has 0 radical (unpaired) electrons. The van der Waals surface area contributed by atoms with Crippen LogP contribution in [0.4, 0.5) is 0 Å². The Morgan fingerprint density at radius 3 is 2.50 bits per heavy atom. The van der Waals surface area contributed by atoms with E-state index in [1.807, 2.05) is 44.4 Å². The highest BCUT2D eigenvalue weighted by atomic mass is 16.5. The molecule has 0 saturated carbocycles. The monoisotopic (exact) mass is 297 g/mol. The number of guanidine groups is 1. The van der Waals surface area contributed by atoms with E-state index in [9.17, 15) is 0 Å². The summed E-state index contributed by atoms with van der Waals surface area (Å²) in [4.78, 5) is 6.13. The fraction of sp³-hybridized carbons (Fsp3) is 0.278. The second-order valence-corrected chi connectivity index (χ2v) is 5.31. The zero-order valence-corrected chi connectivity index (χ0v) is 13.2. The lowest BCUT2D eigenvalue weighted by atomic mass is 10.1. The predicted octanol–water partition coefficient (Wildman–Crippen LogP) is 2.68. The molecule has 2 aromatic carbocycles. The largest absolute Gasteiger partial charge is 0.489 e. The maximum Gasteiger partial charge on any atom is 0.190 e. The van der Waals surface area contributed by atoms with Crippen LogP contribution >= 0.6 is 0 Å². The van der Waals surface area contributed by atoms with Crippen molar-refractivity contribution in [1.82, 2.24) is 4.90 Å². The van der Waals surface area contributed by atoms with Crippen LogP contribution in [0.5, 0.6) is 5.75 Å². The normalized spacial score (nSPS) is 11.3. The van der Waals surface area contributed by atoms with Gasteiger partial charge in [-0.05, 0) is 29.7 Å². The molecule has 116 valence electrons. The standard InChI is InChI=1S/C18H23N3O/c1-21(2)18(19)20-12-11-15-9-6-10-17(13-15)22-14-16-7-4-3-5-8-16/h3-10,13H,11-12,14H2,1-2H3,(H2,19,20). The summed E-state index contributed by atoms with van der Waals surface area (Å²) in [6, 6.07) is 18.3. The number of ether oxygens (including phenoxy) is 1. The number of rotatable bonds is 6. The minimum absolute atomic E-state index is 0.552. The van der Waals surface area contributed by atoms with E-state index >= 15 is 0 Å². The quantitative estimate of drug-likeness (QED) is 0.659. The van der Waals surface area contributed by atoms with Crippen LogP contribution in [0.3, 0.4) is 0 Å². The van der Waals surface area contributed by atoms with Gasteiger partial charge in [-0.2, -0.15) is 0 Å². The first-order valence-corrected chi connectivity index (χ1v) is 7.38. The summed E-state index contributed by atoms with van der Waals surface area (Å²) >= 11 is 0. The van der Waals surface area contributed by atoms with Crippen molar-refractivity contribution in [2.75, 3.05) is 20.6 Å². The number of hydrogen-bond acceptors (Lipinski definition) is 2. The Balaban J connectivity index is 1.88. The van der Waals surface area contributed by atoms with Crippen molar-refractivity contribution in [3.05, 3.63) is 65.7 Å². The maximum atomic E-state index is 5.83. The molecule has 0 aromatic heterocycles. The first kappa shape index (κ1) is 15.9. The molecule has 0 fully saturated rings. The molecule has 22 heavy (non-hydrogen) atoms. The minimum atomic E-state index is 0.552. The molecule has 0 amide bonds. The van der Waals surface area contributed by atoms with E-state index in [1.165, 1.54) is 5.56 Å². The molecule has 0 aliphatic rings. The number of benzene rings is 2. The number of hydrogen-bond donors (Lipinski definition) is 1. The average Bonchev–Trinajstić information content (AvgIpc) is 2.54. The van der Waals surface area contributed by atoms with Crippen molar-refractivity contribution in [2.24, 2.45) is 10.7 Å². The molecule has 0 spiro atoms. The van der Waals surface area contributed by atoms with E-state index in [2.05, 4.69) is 29.3 Å². The first-order chi connectivity index (χ1) is 10.6. The van der Waals surface area contributed by atoms with Gasteiger partial charge in [0.2, 0.25) is 0 Å². The highest BCUT2D eigenvalue weighted by Gasteiger charge is 1.99. The lowest BCUT2D eigenvalue weighted by Gasteiger charge is -2.10. The third-order valence-corrected chi connectivity index (χ3v) is 3.28. The molecule has 0 saturated heterocycles. The second-order valence-electron chi connectivity index (χ2n) is 5.31. The first-order valence-electron chi connectivity index (χ1n) is 7.38. The summed E-state index contributed by atoms with van der Waals surface area (Å²) in [6.07, 6.45) is 0.844. The summed E-state index contributed by atoms with van der Waals surface area (Å²) in [5.41, 5.74) is 8.13. The van der Waals surface area contributed by atoms with E-state index in [-0.39, 0.29) is 0 Å². The van der Waals surface area contributed by atoms with Gasteiger partial charge in [0.25, 0.3) is 0 Å². The van der Waals surface area contributed by atoms with Gasteiger partial charge in [-0.3, -0.25) is 4.99 Å². The molecule has 0 aliphatic carbocycles. The van der Waals surface area contributed by atoms with Crippen LogP contribution in [-0.2, 0) is 13.0 Å². The summed E-state index contributed by atoms with van der Waals surface area (Å²) in [6.45, 7) is 1.25. The molecular weight excluding hydrogens is 274 g/mol. The summed E-state index contributed by atoms with van der Waals surface area (Å²) in [5.74, 6) is 1.43. The van der Waals surface area contributed by atoms with Crippen LogP contribution in [0, 0.1) is 0 Å². The van der Waals surface area contributed by atoms with Crippen molar-refractivity contribution in [3.8, 4) is 5.75 Å². The van der Waals surface area contributed by atoms with E-state index in [0.717, 1.165) is 17.7 Å². The Hall–Kier alpha value is -2.49. The van der Waals surface area contributed by atoms with Gasteiger partial charge in [-0.25, -0.2) is 0 Å². The predicted molar refractivity (Wildman–Crippen MR) is 91.1 cm³/mol. The molecule has 0 unspecified atom stereocenters. The van der Waals surface area contributed by atoms with Gasteiger partial charge in [0.1, 0.15) is 12.4 Å². The third kappa shape index (κ3) is 5.13. The van der Waals surface area contributed by atoms with Crippen LogP contribution < -0.4 is 10.5 Å². The van der Waals surface area contributed by atoms with Crippen LogP contribution in [0.25, 0.3) is 0 Å². The molecule has 4 heteroatoms. The molecule has 4 nitrogen and oxygen atoms in total. The van der Waals surface area contributed by atoms with Crippen molar-refractivity contribution in [3.63, 3.8) is 0 Å². The Bertz CT molecular complexity index is 609. The number of aliphatic imine (C=N–C) groups is 1. The Labute approximate surface area is 132 Å². The summed E-state index contributed by atoms with van der Waals surface area (Å²) in [7, 11) is 3.77. The van der Waals surface area contributed by atoms with Gasteiger partial charge < -0.3 is 15.4 Å². The number of nitrogens with zero attached hydrogens (tertiary/aromatic N) is 2. The lowest BCUT2D eigenvalue weighted by Crippen LogP contribution is -2.30. The Morgan fingerprint density at radius 1 is 1.05 bits per heavy atom. The molecule has 2 aromatic rings. The Morgan fingerprint density at radius 2 is 1.77 bits per heavy atom. The molecule has 0 bridgehead atoms. The third-order valence-electron chi connectivity index (χ3n) is 3.28. The van der Waals surface area contributed by atoms with Crippen LogP contribution in [0.15, 0.2) is 59.6 Å². The fourth-order valence-electron chi connectivity index (χ4n) is 1.97. The van der Waals surface area contributed by atoms with Gasteiger partial charge in [-0.15, -0.1) is 0 Å². The van der Waals surface area contributed by atoms with Crippen LogP contribution in [0.1, 0.15) is 11.1 Å². The molecule has 0 aliphatic heterocycles.